The fraction of sp³-hybridized carbons (Fsp3) is 0.333. The maximum Gasteiger partial charge on any atom is 0.242 e. The van der Waals surface area contributed by atoms with Gasteiger partial charge in [0, 0.05) is 23.3 Å². The zero-order valence-electron chi connectivity index (χ0n) is 14.9. The first-order chi connectivity index (χ1) is 12.7. The van der Waals surface area contributed by atoms with Crippen LogP contribution in [0.5, 0.6) is 0 Å². The summed E-state index contributed by atoms with van der Waals surface area (Å²) in [5.41, 5.74) is 2.88. The number of likely N-dealkylation sites (tertiary alicyclic amines) is 1. The Kier molecular flexibility index (Phi) is 4.71. The zero-order valence-corrected chi connectivity index (χ0v) is 14.9. The monoisotopic (exact) mass is 349 g/mol. The lowest BCUT2D eigenvalue weighted by molar-refractivity contribution is -0.126. The van der Waals surface area contributed by atoms with Crippen molar-refractivity contribution in [3.05, 3.63) is 65.7 Å². The van der Waals surface area contributed by atoms with E-state index in [0.29, 0.717) is 6.54 Å². The molecule has 0 unspecified atom stereocenters. The van der Waals surface area contributed by atoms with Gasteiger partial charge in [0.2, 0.25) is 5.91 Å². The second-order valence-electron chi connectivity index (χ2n) is 6.80. The van der Waals surface area contributed by atoms with Gasteiger partial charge in [-0.3, -0.25) is 14.7 Å². The van der Waals surface area contributed by atoms with Gasteiger partial charge >= 0.3 is 0 Å². The molecule has 0 spiro atoms. The summed E-state index contributed by atoms with van der Waals surface area (Å²) in [6, 6.07) is 11.5. The molecule has 5 heteroatoms. The van der Waals surface area contributed by atoms with Crippen LogP contribution in [-0.2, 0) is 11.3 Å². The molecular weight excluding hydrogens is 326 g/mol. The van der Waals surface area contributed by atoms with Gasteiger partial charge in [-0.15, -0.1) is 0 Å². The largest absolute Gasteiger partial charge is 0.459 e. The van der Waals surface area contributed by atoms with Crippen LogP contribution in [0.4, 0.5) is 0 Å². The predicted molar refractivity (Wildman–Crippen MR) is 101 cm³/mol. The van der Waals surface area contributed by atoms with Gasteiger partial charge in [0.25, 0.3) is 0 Å². The fourth-order valence-corrected chi connectivity index (χ4v) is 3.72. The van der Waals surface area contributed by atoms with Gasteiger partial charge in [0.1, 0.15) is 17.4 Å². The highest BCUT2D eigenvalue weighted by molar-refractivity contribution is 5.84. The van der Waals surface area contributed by atoms with E-state index in [0.717, 1.165) is 53.8 Å². The lowest BCUT2D eigenvalue weighted by Gasteiger charge is -2.26. The van der Waals surface area contributed by atoms with Crippen molar-refractivity contribution >= 4 is 16.9 Å². The van der Waals surface area contributed by atoms with Gasteiger partial charge in [-0.2, -0.15) is 0 Å². The Morgan fingerprint density at radius 1 is 1.23 bits per heavy atom. The van der Waals surface area contributed by atoms with E-state index in [9.17, 15) is 4.79 Å². The molecular formula is C21H23N3O2. The second-order valence-corrected chi connectivity index (χ2v) is 6.80. The van der Waals surface area contributed by atoms with Crippen LogP contribution in [0.3, 0.4) is 0 Å². The minimum absolute atomic E-state index is 0.000226. The van der Waals surface area contributed by atoms with E-state index < -0.39 is 0 Å². The average molecular weight is 349 g/mol. The molecule has 0 aliphatic carbocycles. The number of amides is 1. The van der Waals surface area contributed by atoms with Crippen molar-refractivity contribution in [3.63, 3.8) is 0 Å². The van der Waals surface area contributed by atoms with Gasteiger partial charge in [0.05, 0.1) is 6.54 Å². The summed E-state index contributed by atoms with van der Waals surface area (Å²) in [4.78, 5) is 19.4. The topological polar surface area (TPSA) is 58.4 Å². The van der Waals surface area contributed by atoms with E-state index in [1.54, 1.807) is 12.4 Å². The highest BCUT2D eigenvalue weighted by Crippen LogP contribution is 2.27. The van der Waals surface area contributed by atoms with Crippen LogP contribution in [0, 0.1) is 6.92 Å². The van der Waals surface area contributed by atoms with Crippen LogP contribution in [0.15, 0.2) is 53.2 Å². The molecule has 1 aromatic carbocycles. The summed E-state index contributed by atoms with van der Waals surface area (Å²) in [5.74, 6) is 0.811. The standard InChI is InChI=1S/C21H23N3O2/c1-15-17-8-2-3-9-18(17)26-19(15)14-23-21(25)20(24-11-4-5-12-24)16-7-6-10-22-13-16/h2-3,6-10,13,20H,4-5,11-12,14H2,1H3,(H,23,25)/t20-/m1/s1. The third-order valence-electron chi connectivity index (χ3n) is 5.12. The molecule has 0 bridgehead atoms. The molecule has 134 valence electrons. The Bertz CT molecular complexity index is 898. The van der Waals surface area contributed by atoms with Crippen molar-refractivity contribution in [2.45, 2.75) is 32.4 Å². The van der Waals surface area contributed by atoms with E-state index in [2.05, 4.69) is 15.2 Å². The normalized spacial score (nSPS) is 16.0. The third-order valence-corrected chi connectivity index (χ3v) is 5.12. The van der Waals surface area contributed by atoms with Crippen molar-refractivity contribution in [3.8, 4) is 0 Å². The molecule has 1 atom stereocenters. The van der Waals surface area contributed by atoms with E-state index in [1.807, 2.05) is 43.3 Å². The number of benzene rings is 1. The number of furan rings is 1. The number of pyridine rings is 1. The van der Waals surface area contributed by atoms with Crippen molar-refractivity contribution in [1.29, 1.82) is 0 Å². The SMILES string of the molecule is Cc1c(CNC(=O)[C@@H](c2cccnc2)N2CCCC2)oc2ccccc12. The molecule has 3 aromatic rings. The van der Waals surface area contributed by atoms with Crippen LogP contribution >= 0.6 is 0 Å². The fourth-order valence-electron chi connectivity index (χ4n) is 3.72. The van der Waals surface area contributed by atoms with Crippen molar-refractivity contribution in [2.75, 3.05) is 13.1 Å². The van der Waals surface area contributed by atoms with E-state index in [4.69, 9.17) is 4.42 Å². The smallest absolute Gasteiger partial charge is 0.242 e. The molecule has 26 heavy (non-hydrogen) atoms. The number of para-hydroxylation sites is 1. The van der Waals surface area contributed by atoms with Crippen LogP contribution in [-0.4, -0.2) is 28.9 Å². The summed E-state index contributed by atoms with van der Waals surface area (Å²) >= 11 is 0. The van der Waals surface area contributed by atoms with Gasteiger partial charge in [-0.05, 0) is 50.6 Å². The van der Waals surface area contributed by atoms with Gasteiger partial charge in [-0.25, -0.2) is 0 Å². The first-order valence-corrected chi connectivity index (χ1v) is 9.13. The van der Waals surface area contributed by atoms with Crippen molar-refractivity contribution in [1.82, 2.24) is 15.2 Å². The van der Waals surface area contributed by atoms with Gasteiger partial charge < -0.3 is 9.73 Å². The molecule has 1 amide bonds. The molecule has 3 heterocycles. The molecule has 1 N–H and O–H groups in total. The average Bonchev–Trinajstić information content (AvgIpc) is 3.30. The molecule has 4 rings (SSSR count). The summed E-state index contributed by atoms with van der Waals surface area (Å²) in [6.07, 6.45) is 5.79. The number of aryl methyl sites for hydroxylation is 1. The van der Waals surface area contributed by atoms with Crippen LogP contribution < -0.4 is 5.32 Å². The Morgan fingerprint density at radius 2 is 2.04 bits per heavy atom. The summed E-state index contributed by atoms with van der Waals surface area (Å²) in [7, 11) is 0. The van der Waals surface area contributed by atoms with Crippen LogP contribution in [0.1, 0.15) is 35.8 Å². The summed E-state index contributed by atoms with van der Waals surface area (Å²) < 4.78 is 5.92. The Balaban J connectivity index is 1.53. The third kappa shape index (κ3) is 3.22. The highest BCUT2D eigenvalue weighted by Gasteiger charge is 2.30. The first-order valence-electron chi connectivity index (χ1n) is 9.13. The Hall–Kier alpha value is -2.66. The number of carbonyl (C=O) groups is 1. The molecule has 1 saturated heterocycles. The number of carbonyl (C=O) groups excluding carboxylic acids is 1. The molecule has 1 fully saturated rings. The minimum atomic E-state index is -0.295. The maximum absolute atomic E-state index is 13.0. The van der Waals surface area contributed by atoms with E-state index in [1.165, 1.54) is 0 Å². The van der Waals surface area contributed by atoms with Crippen molar-refractivity contribution < 1.29 is 9.21 Å². The van der Waals surface area contributed by atoms with E-state index >= 15 is 0 Å². The number of fused-ring (bicyclic) bond motifs is 1. The Labute approximate surface area is 153 Å². The Morgan fingerprint density at radius 3 is 2.77 bits per heavy atom. The predicted octanol–water partition coefficient (Wildman–Crippen LogP) is 3.59. The number of hydrogen-bond acceptors (Lipinski definition) is 4. The molecule has 0 radical (unpaired) electrons. The second kappa shape index (κ2) is 7.30. The van der Waals surface area contributed by atoms with Crippen LogP contribution in [0.25, 0.3) is 11.0 Å². The molecule has 0 saturated carbocycles. The first kappa shape index (κ1) is 16.8. The van der Waals surface area contributed by atoms with Gasteiger partial charge in [-0.1, -0.05) is 24.3 Å². The molecule has 1 aliphatic rings. The lowest BCUT2D eigenvalue weighted by Crippen LogP contribution is -2.39. The van der Waals surface area contributed by atoms with Crippen molar-refractivity contribution in [2.24, 2.45) is 0 Å². The maximum atomic E-state index is 13.0. The summed E-state index contributed by atoms with van der Waals surface area (Å²) in [6.45, 7) is 4.31. The molecule has 1 aliphatic heterocycles. The number of nitrogens with zero attached hydrogens (tertiary/aromatic N) is 2. The summed E-state index contributed by atoms with van der Waals surface area (Å²) in [5, 5.41) is 4.17. The number of rotatable bonds is 5. The zero-order chi connectivity index (χ0) is 17.9. The number of aromatic nitrogens is 1. The minimum Gasteiger partial charge on any atom is -0.459 e. The van der Waals surface area contributed by atoms with E-state index in [-0.39, 0.29) is 11.9 Å². The molecule has 5 nitrogen and oxygen atoms in total. The number of nitrogens with one attached hydrogen (secondary N) is 1. The molecule has 2 aromatic heterocycles. The van der Waals surface area contributed by atoms with Gasteiger partial charge in [0.15, 0.2) is 0 Å². The quantitative estimate of drug-likeness (QED) is 0.765. The lowest BCUT2D eigenvalue weighted by atomic mass is 10.1. The highest BCUT2D eigenvalue weighted by atomic mass is 16.3. The number of hydrogen-bond donors (Lipinski definition) is 1. The van der Waals surface area contributed by atoms with Crippen LogP contribution in [0.2, 0.25) is 0 Å².